The van der Waals surface area contributed by atoms with Gasteiger partial charge in [0.1, 0.15) is 10.8 Å². The number of aryl methyl sites for hydroxylation is 1. The minimum absolute atomic E-state index is 0.0301. The van der Waals surface area contributed by atoms with E-state index in [2.05, 4.69) is 19.2 Å². The molecule has 138 valence electrons. The molecule has 1 atom stereocenters. The lowest BCUT2D eigenvalue weighted by Crippen LogP contribution is -2.20. The molecule has 0 aliphatic rings. The second-order valence-electron chi connectivity index (χ2n) is 6.09. The SMILES string of the molecule is CCC(C)c1ccc(OCC(=O)Nc2cc(Cl)c([N+](=O)[O-])cc2C)cc1. The Kier molecular flexibility index (Phi) is 6.58. The van der Waals surface area contributed by atoms with Gasteiger partial charge >= 0.3 is 0 Å². The van der Waals surface area contributed by atoms with Crippen molar-refractivity contribution in [2.75, 3.05) is 11.9 Å². The van der Waals surface area contributed by atoms with Gasteiger partial charge in [0.05, 0.1) is 4.92 Å². The van der Waals surface area contributed by atoms with E-state index >= 15 is 0 Å². The lowest BCUT2D eigenvalue weighted by molar-refractivity contribution is -0.384. The van der Waals surface area contributed by atoms with Gasteiger partial charge in [-0.2, -0.15) is 0 Å². The smallest absolute Gasteiger partial charge is 0.288 e. The van der Waals surface area contributed by atoms with Crippen LogP contribution in [0.4, 0.5) is 11.4 Å². The third-order valence-corrected chi connectivity index (χ3v) is 4.50. The fourth-order valence-corrected chi connectivity index (χ4v) is 2.64. The molecule has 0 saturated heterocycles. The van der Waals surface area contributed by atoms with Gasteiger partial charge in [-0.3, -0.25) is 14.9 Å². The van der Waals surface area contributed by atoms with Gasteiger partial charge in [-0.15, -0.1) is 0 Å². The van der Waals surface area contributed by atoms with Crippen molar-refractivity contribution < 1.29 is 14.5 Å². The minimum atomic E-state index is -0.562. The van der Waals surface area contributed by atoms with Crippen LogP contribution in [0.25, 0.3) is 0 Å². The van der Waals surface area contributed by atoms with Crippen molar-refractivity contribution in [3.05, 3.63) is 62.7 Å². The summed E-state index contributed by atoms with van der Waals surface area (Å²) in [6.45, 7) is 5.77. The standard InChI is InChI=1S/C19H21ClN2O4/c1-4-12(2)14-5-7-15(8-6-14)26-11-19(23)21-17-10-16(20)18(22(24)25)9-13(17)3/h5-10,12H,4,11H2,1-3H3,(H,21,23). The molecule has 0 heterocycles. The number of nitrogens with zero attached hydrogens (tertiary/aromatic N) is 1. The van der Waals surface area contributed by atoms with Gasteiger partial charge in [0.25, 0.3) is 11.6 Å². The Morgan fingerprint density at radius 2 is 1.96 bits per heavy atom. The van der Waals surface area contributed by atoms with Crippen LogP contribution in [-0.4, -0.2) is 17.4 Å². The topological polar surface area (TPSA) is 81.5 Å². The number of hydrogen-bond donors (Lipinski definition) is 1. The van der Waals surface area contributed by atoms with E-state index in [0.29, 0.717) is 22.9 Å². The molecule has 7 heteroatoms. The van der Waals surface area contributed by atoms with Crippen molar-refractivity contribution in [1.29, 1.82) is 0 Å². The lowest BCUT2D eigenvalue weighted by atomic mass is 9.99. The number of anilines is 1. The summed E-state index contributed by atoms with van der Waals surface area (Å²) in [5.74, 6) is 0.705. The first-order valence-corrected chi connectivity index (χ1v) is 8.66. The van der Waals surface area contributed by atoms with Crippen molar-refractivity contribution >= 4 is 28.9 Å². The first-order valence-electron chi connectivity index (χ1n) is 8.29. The average molecular weight is 377 g/mol. The van der Waals surface area contributed by atoms with Gasteiger partial charge in [0, 0.05) is 11.8 Å². The van der Waals surface area contributed by atoms with Crippen LogP contribution in [0.2, 0.25) is 5.02 Å². The summed E-state index contributed by atoms with van der Waals surface area (Å²) in [6, 6.07) is 10.3. The normalized spacial score (nSPS) is 11.7. The molecule has 6 nitrogen and oxygen atoms in total. The monoisotopic (exact) mass is 376 g/mol. The Morgan fingerprint density at radius 3 is 2.54 bits per heavy atom. The van der Waals surface area contributed by atoms with E-state index in [1.54, 1.807) is 6.92 Å². The Morgan fingerprint density at radius 1 is 1.31 bits per heavy atom. The van der Waals surface area contributed by atoms with E-state index in [4.69, 9.17) is 16.3 Å². The van der Waals surface area contributed by atoms with Gasteiger partial charge in [-0.05, 0) is 48.6 Å². The molecule has 0 radical (unpaired) electrons. The van der Waals surface area contributed by atoms with Crippen LogP contribution in [0.15, 0.2) is 36.4 Å². The van der Waals surface area contributed by atoms with Crippen molar-refractivity contribution in [2.24, 2.45) is 0 Å². The molecule has 1 N–H and O–H groups in total. The molecule has 0 bridgehead atoms. The second kappa shape index (κ2) is 8.67. The first-order chi connectivity index (χ1) is 12.3. The Bertz CT molecular complexity index is 806. The number of carbonyl (C=O) groups is 1. The van der Waals surface area contributed by atoms with Gasteiger partial charge in [-0.25, -0.2) is 0 Å². The van der Waals surface area contributed by atoms with Crippen molar-refractivity contribution in [3.63, 3.8) is 0 Å². The van der Waals surface area contributed by atoms with Crippen molar-refractivity contribution in [3.8, 4) is 5.75 Å². The van der Waals surface area contributed by atoms with Crippen LogP contribution in [0.3, 0.4) is 0 Å². The van der Waals surface area contributed by atoms with Crippen molar-refractivity contribution in [2.45, 2.75) is 33.1 Å². The van der Waals surface area contributed by atoms with Crippen molar-refractivity contribution in [1.82, 2.24) is 0 Å². The molecule has 2 aromatic rings. The number of halogens is 1. The second-order valence-corrected chi connectivity index (χ2v) is 6.50. The van der Waals surface area contributed by atoms with E-state index in [9.17, 15) is 14.9 Å². The molecule has 0 aromatic heterocycles. The fraction of sp³-hybridized carbons (Fsp3) is 0.316. The number of rotatable bonds is 7. The van der Waals surface area contributed by atoms with E-state index in [-0.39, 0.29) is 23.2 Å². The van der Waals surface area contributed by atoms with Gasteiger partial charge in [0.2, 0.25) is 0 Å². The highest BCUT2D eigenvalue weighted by Crippen LogP contribution is 2.30. The van der Waals surface area contributed by atoms with Gasteiger partial charge in [0.15, 0.2) is 6.61 Å². The van der Waals surface area contributed by atoms with Gasteiger partial charge < -0.3 is 10.1 Å². The van der Waals surface area contributed by atoms with Crippen LogP contribution >= 0.6 is 11.6 Å². The molecule has 2 rings (SSSR count). The predicted octanol–water partition coefficient (Wildman–Crippen LogP) is 5.09. The summed E-state index contributed by atoms with van der Waals surface area (Å²) in [7, 11) is 0. The number of nitrogens with one attached hydrogen (secondary N) is 1. The zero-order chi connectivity index (χ0) is 19.3. The molecule has 0 saturated carbocycles. The minimum Gasteiger partial charge on any atom is -0.484 e. The molecule has 1 amide bonds. The largest absolute Gasteiger partial charge is 0.484 e. The van der Waals surface area contributed by atoms with Crippen LogP contribution in [0.5, 0.6) is 5.75 Å². The molecule has 0 aliphatic carbocycles. The van der Waals surface area contributed by atoms with Gasteiger partial charge in [-0.1, -0.05) is 37.6 Å². The highest BCUT2D eigenvalue weighted by atomic mass is 35.5. The molecule has 1 unspecified atom stereocenters. The molecule has 0 spiro atoms. The van der Waals surface area contributed by atoms with E-state index < -0.39 is 4.92 Å². The highest BCUT2D eigenvalue weighted by Gasteiger charge is 2.16. The Balaban J connectivity index is 1.97. The molecular weight excluding hydrogens is 356 g/mol. The molecule has 26 heavy (non-hydrogen) atoms. The zero-order valence-electron chi connectivity index (χ0n) is 14.9. The van der Waals surface area contributed by atoms with E-state index in [0.717, 1.165) is 6.42 Å². The number of nitro benzene ring substituents is 1. The summed E-state index contributed by atoms with van der Waals surface area (Å²) in [5.41, 5.74) is 1.99. The lowest BCUT2D eigenvalue weighted by Gasteiger charge is -2.12. The number of hydrogen-bond acceptors (Lipinski definition) is 4. The summed E-state index contributed by atoms with van der Waals surface area (Å²) in [4.78, 5) is 22.4. The summed E-state index contributed by atoms with van der Waals surface area (Å²) in [5, 5.41) is 13.5. The Hall–Kier alpha value is -2.60. The molecule has 0 aliphatic heterocycles. The third-order valence-electron chi connectivity index (χ3n) is 4.20. The van der Waals surface area contributed by atoms with Crippen LogP contribution < -0.4 is 10.1 Å². The maximum Gasteiger partial charge on any atom is 0.288 e. The molecular formula is C19H21ClN2O4. The zero-order valence-corrected chi connectivity index (χ0v) is 15.7. The Labute approximate surface area is 157 Å². The number of amides is 1. The quantitative estimate of drug-likeness (QED) is 0.539. The van der Waals surface area contributed by atoms with Crippen LogP contribution in [0, 0.1) is 17.0 Å². The average Bonchev–Trinajstić information content (AvgIpc) is 2.62. The first kappa shape index (κ1) is 19.7. The molecule has 2 aromatic carbocycles. The maximum atomic E-state index is 12.1. The number of benzene rings is 2. The summed E-state index contributed by atoms with van der Waals surface area (Å²) in [6.07, 6.45) is 1.06. The number of carbonyl (C=O) groups excluding carboxylic acids is 1. The number of nitro groups is 1. The van der Waals surface area contributed by atoms with E-state index in [1.165, 1.54) is 17.7 Å². The maximum absolute atomic E-state index is 12.1. The highest BCUT2D eigenvalue weighted by molar-refractivity contribution is 6.33. The third kappa shape index (κ3) is 4.95. The molecule has 0 fully saturated rings. The fourth-order valence-electron chi connectivity index (χ4n) is 2.40. The van der Waals surface area contributed by atoms with E-state index in [1.807, 2.05) is 24.3 Å². The predicted molar refractivity (Wildman–Crippen MR) is 102 cm³/mol. The summed E-state index contributed by atoms with van der Waals surface area (Å²) >= 11 is 5.88. The summed E-state index contributed by atoms with van der Waals surface area (Å²) < 4.78 is 5.49. The number of ether oxygens (including phenoxy) is 1. The van der Waals surface area contributed by atoms with Crippen LogP contribution in [0.1, 0.15) is 37.3 Å². The van der Waals surface area contributed by atoms with Crippen LogP contribution in [-0.2, 0) is 4.79 Å².